The molecule has 0 saturated carbocycles. The van der Waals surface area contributed by atoms with Gasteiger partial charge in [0.1, 0.15) is 5.78 Å². The van der Waals surface area contributed by atoms with E-state index in [1.165, 1.54) is 13.0 Å². The molecule has 1 atom stereocenters. The lowest BCUT2D eigenvalue weighted by atomic mass is 9.98. The number of benzene rings is 1. The Hall–Kier alpha value is -1.93. The maximum atomic E-state index is 11.5. The van der Waals surface area contributed by atoms with Crippen LogP contribution in [0, 0.1) is 11.3 Å². The van der Waals surface area contributed by atoms with Gasteiger partial charge in [-0.1, -0.05) is 34.1 Å². The van der Waals surface area contributed by atoms with E-state index in [0.29, 0.717) is 11.1 Å². The zero-order chi connectivity index (χ0) is 14.4. The van der Waals surface area contributed by atoms with E-state index < -0.39 is 10.8 Å². The second kappa shape index (κ2) is 6.86. The van der Waals surface area contributed by atoms with E-state index in [0.717, 1.165) is 11.6 Å². The van der Waals surface area contributed by atoms with Crippen LogP contribution >= 0.6 is 15.9 Å². The first-order valence-electron chi connectivity index (χ1n) is 5.51. The van der Waals surface area contributed by atoms with Crippen LogP contribution in [0.25, 0.3) is 6.08 Å². The number of alkyl halides is 1. The molecule has 0 bridgehead atoms. The predicted molar refractivity (Wildman–Crippen MR) is 74.8 cm³/mol. The first kappa shape index (κ1) is 15.1. The minimum atomic E-state index is -1.05. The molecule has 98 valence electrons. The van der Waals surface area contributed by atoms with Crippen molar-refractivity contribution in [2.75, 3.05) is 0 Å². The predicted octanol–water partition coefficient (Wildman–Crippen LogP) is 2.88. The molecule has 0 aromatic heterocycles. The number of carboxylic acid groups (broad SMARTS) is 1. The number of ketones is 1. The van der Waals surface area contributed by atoms with E-state index in [1.54, 1.807) is 18.2 Å². The van der Waals surface area contributed by atoms with Crippen molar-refractivity contribution in [2.45, 2.75) is 18.2 Å². The number of carboxylic acids is 1. The fourth-order valence-corrected chi connectivity index (χ4v) is 1.97. The number of rotatable bonds is 5. The van der Waals surface area contributed by atoms with Crippen molar-refractivity contribution in [1.29, 1.82) is 5.26 Å². The topological polar surface area (TPSA) is 78.2 Å². The zero-order valence-corrected chi connectivity index (χ0v) is 11.8. The maximum absolute atomic E-state index is 11.5. The van der Waals surface area contributed by atoms with E-state index in [4.69, 9.17) is 10.4 Å². The van der Waals surface area contributed by atoms with E-state index in [9.17, 15) is 9.59 Å². The van der Waals surface area contributed by atoms with Gasteiger partial charge < -0.3 is 5.11 Å². The van der Waals surface area contributed by atoms with Crippen molar-refractivity contribution in [3.05, 3.63) is 41.0 Å². The van der Waals surface area contributed by atoms with Crippen LogP contribution in [0.5, 0.6) is 0 Å². The normalized spacial score (nSPS) is 12.1. The molecule has 4 nitrogen and oxygen atoms in total. The highest BCUT2D eigenvalue weighted by Crippen LogP contribution is 2.29. The molecule has 1 rings (SSSR count). The van der Waals surface area contributed by atoms with E-state index in [1.807, 2.05) is 6.07 Å². The summed E-state index contributed by atoms with van der Waals surface area (Å²) in [5, 5.41) is 17.3. The summed E-state index contributed by atoms with van der Waals surface area (Å²) in [6, 6.07) is 7.23. The van der Waals surface area contributed by atoms with Crippen molar-refractivity contribution in [2.24, 2.45) is 0 Å². The van der Waals surface area contributed by atoms with Gasteiger partial charge in [0.25, 0.3) is 0 Å². The van der Waals surface area contributed by atoms with Gasteiger partial charge in [-0.15, -0.1) is 0 Å². The van der Waals surface area contributed by atoms with Crippen molar-refractivity contribution in [3.63, 3.8) is 0 Å². The van der Waals surface area contributed by atoms with Crippen LogP contribution in [-0.2, 0) is 16.0 Å². The molecule has 1 unspecified atom stereocenters. The van der Waals surface area contributed by atoms with Crippen molar-refractivity contribution in [1.82, 2.24) is 0 Å². The Morgan fingerprint density at radius 3 is 2.74 bits per heavy atom. The molecule has 0 aliphatic heterocycles. The second-order valence-electron chi connectivity index (χ2n) is 3.94. The van der Waals surface area contributed by atoms with Gasteiger partial charge in [-0.2, -0.15) is 5.26 Å². The Kier molecular flexibility index (Phi) is 5.46. The van der Waals surface area contributed by atoms with Crippen LogP contribution < -0.4 is 0 Å². The van der Waals surface area contributed by atoms with Gasteiger partial charge in [-0.05, 0) is 29.7 Å². The Morgan fingerprint density at radius 2 is 2.21 bits per heavy atom. The highest BCUT2D eigenvalue weighted by molar-refractivity contribution is 9.09. The summed E-state index contributed by atoms with van der Waals surface area (Å²) in [6.07, 6.45) is 2.70. The van der Waals surface area contributed by atoms with Gasteiger partial charge >= 0.3 is 5.97 Å². The molecule has 1 aromatic carbocycles. The van der Waals surface area contributed by atoms with E-state index >= 15 is 0 Å². The van der Waals surface area contributed by atoms with E-state index in [-0.39, 0.29) is 12.2 Å². The van der Waals surface area contributed by atoms with Crippen LogP contribution in [0.4, 0.5) is 0 Å². The summed E-state index contributed by atoms with van der Waals surface area (Å²) >= 11 is 3.28. The summed E-state index contributed by atoms with van der Waals surface area (Å²) < 4.78 is 0. The largest absolute Gasteiger partial charge is 0.478 e. The van der Waals surface area contributed by atoms with E-state index in [2.05, 4.69) is 15.9 Å². The summed E-state index contributed by atoms with van der Waals surface area (Å²) in [4.78, 5) is 21.5. The fourth-order valence-electron chi connectivity index (χ4n) is 1.58. The molecule has 0 aliphatic rings. The van der Waals surface area contributed by atoms with Crippen molar-refractivity contribution < 1.29 is 14.7 Å². The minimum Gasteiger partial charge on any atom is -0.478 e. The number of nitrogens with zero attached hydrogens (tertiary/aromatic N) is 1. The zero-order valence-electron chi connectivity index (χ0n) is 10.3. The first-order valence-corrected chi connectivity index (χ1v) is 6.42. The van der Waals surface area contributed by atoms with Crippen molar-refractivity contribution in [3.8, 4) is 6.07 Å². The Labute approximate surface area is 119 Å². The van der Waals surface area contributed by atoms with Crippen LogP contribution in [0.15, 0.2) is 24.3 Å². The molecule has 0 heterocycles. The molecule has 1 aromatic rings. The van der Waals surface area contributed by atoms with Crippen molar-refractivity contribution >= 4 is 33.8 Å². The van der Waals surface area contributed by atoms with Gasteiger partial charge in [0.15, 0.2) is 0 Å². The SMILES string of the molecule is CC(=O)C(Br)c1cc(CC#N)ccc1C=CC(=O)O. The standard InChI is InChI=1S/C14H12BrNO3/c1-9(17)14(15)12-8-10(6-7-16)2-3-11(12)4-5-13(18)19/h2-5,8,14H,6H2,1H3,(H,18,19). The van der Waals surface area contributed by atoms with Gasteiger partial charge in [-0.25, -0.2) is 4.79 Å². The summed E-state index contributed by atoms with van der Waals surface area (Å²) in [5.74, 6) is -1.14. The number of hydrogen-bond acceptors (Lipinski definition) is 3. The third-order valence-corrected chi connectivity index (χ3v) is 3.61. The monoisotopic (exact) mass is 321 g/mol. The average Bonchev–Trinajstić information content (AvgIpc) is 2.36. The summed E-state index contributed by atoms with van der Waals surface area (Å²) in [5.41, 5.74) is 2.09. The minimum absolute atomic E-state index is 0.0842. The molecule has 19 heavy (non-hydrogen) atoms. The van der Waals surface area contributed by atoms with Crippen LogP contribution in [-0.4, -0.2) is 16.9 Å². The molecule has 5 heteroatoms. The third-order valence-electron chi connectivity index (χ3n) is 2.47. The quantitative estimate of drug-likeness (QED) is 0.668. The first-order chi connectivity index (χ1) is 8.95. The Balaban J connectivity index is 3.26. The van der Waals surface area contributed by atoms with Crippen LogP contribution in [0.2, 0.25) is 0 Å². The van der Waals surface area contributed by atoms with Gasteiger partial charge in [-0.3, -0.25) is 4.79 Å². The molecular weight excluding hydrogens is 310 g/mol. The van der Waals surface area contributed by atoms with Crippen LogP contribution in [0.1, 0.15) is 28.4 Å². The number of nitriles is 1. The molecule has 0 fully saturated rings. The number of aliphatic carboxylic acids is 1. The molecular formula is C14H12BrNO3. The maximum Gasteiger partial charge on any atom is 0.328 e. The number of Topliss-reactive ketones (excluding diaryl/α,β-unsaturated/α-hetero) is 1. The van der Waals surface area contributed by atoms with Crippen LogP contribution in [0.3, 0.4) is 0 Å². The third kappa shape index (κ3) is 4.34. The second-order valence-corrected chi connectivity index (χ2v) is 4.86. The molecule has 0 spiro atoms. The highest BCUT2D eigenvalue weighted by Gasteiger charge is 2.16. The number of carbonyl (C=O) groups excluding carboxylic acids is 1. The lowest BCUT2D eigenvalue weighted by Gasteiger charge is -2.11. The number of halogens is 1. The Morgan fingerprint density at radius 1 is 1.53 bits per heavy atom. The van der Waals surface area contributed by atoms with Gasteiger partial charge in [0.2, 0.25) is 0 Å². The molecule has 0 aliphatic carbocycles. The van der Waals surface area contributed by atoms with Gasteiger partial charge in [0.05, 0.1) is 17.3 Å². The Bertz CT molecular complexity index is 573. The lowest BCUT2D eigenvalue weighted by molar-refractivity contribution is -0.131. The lowest BCUT2D eigenvalue weighted by Crippen LogP contribution is -2.04. The molecule has 0 radical (unpaired) electrons. The smallest absolute Gasteiger partial charge is 0.328 e. The summed E-state index contributed by atoms with van der Waals surface area (Å²) in [7, 11) is 0. The average molecular weight is 322 g/mol. The summed E-state index contributed by atoms with van der Waals surface area (Å²) in [6.45, 7) is 1.45. The highest BCUT2D eigenvalue weighted by atomic mass is 79.9. The fraction of sp³-hybridized carbons (Fsp3) is 0.214. The number of hydrogen-bond donors (Lipinski definition) is 1. The molecule has 1 N–H and O–H groups in total. The van der Waals surface area contributed by atoms with Gasteiger partial charge in [0, 0.05) is 6.08 Å². The number of carbonyl (C=O) groups is 2. The molecule has 0 saturated heterocycles. The molecule has 0 amide bonds.